The van der Waals surface area contributed by atoms with Crippen LogP contribution in [0.2, 0.25) is 0 Å². The second-order valence-corrected chi connectivity index (χ2v) is 3.51. The maximum atomic E-state index is 4.20. The zero-order chi connectivity index (χ0) is 10.2. The molecule has 14 heavy (non-hydrogen) atoms. The standard InChI is InChI=1S/C11H19N3/c1-3-10(4-2)7-13-9-11-8-12-5-6-14-11/h5-6,8,10,13H,3-4,7,9H2,1-2H3. The summed E-state index contributed by atoms with van der Waals surface area (Å²) in [5, 5.41) is 3.40. The Kier molecular flexibility index (Phi) is 5.15. The summed E-state index contributed by atoms with van der Waals surface area (Å²) in [5.74, 6) is 0.784. The second kappa shape index (κ2) is 6.49. The SMILES string of the molecule is CCC(CC)CNCc1cnccn1. The molecule has 0 atom stereocenters. The third-order valence-corrected chi connectivity index (χ3v) is 2.51. The van der Waals surface area contributed by atoms with E-state index in [1.807, 2.05) is 0 Å². The Hall–Kier alpha value is -0.960. The average Bonchev–Trinajstić information content (AvgIpc) is 2.26. The minimum absolute atomic E-state index is 0.784. The van der Waals surface area contributed by atoms with Gasteiger partial charge in [-0.1, -0.05) is 26.7 Å². The number of hydrogen-bond acceptors (Lipinski definition) is 3. The van der Waals surface area contributed by atoms with Crippen molar-refractivity contribution in [2.45, 2.75) is 33.2 Å². The third kappa shape index (κ3) is 3.83. The van der Waals surface area contributed by atoms with Crippen LogP contribution in [0.4, 0.5) is 0 Å². The van der Waals surface area contributed by atoms with Gasteiger partial charge in [-0.25, -0.2) is 0 Å². The minimum atomic E-state index is 0.784. The van der Waals surface area contributed by atoms with Crippen LogP contribution in [0.5, 0.6) is 0 Å². The zero-order valence-corrected chi connectivity index (χ0v) is 9.03. The van der Waals surface area contributed by atoms with Crippen molar-refractivity contribution in [1.82, 2.24) is 15.3 Å². The molecule has 0 aliphatic heterocycles. The molecule has 0 unspecified atom stereocenters. The lowest BCUT2D eigenvalue weighted by Crippen LogP contribution is -2.22. The van der Waals surface area contributed by atoms with Crippen LogP contribution in [0, 0.1) is 5.92 Å². The van der Waals surface area contributed by atoms with Crippen molar-refractivity contribution in [3.8, 4) is 0 Å². The Morgan fingerprint density at radius 2 is 2.07 bits per heavy atom. The van der Waals surface area contributed by atoms with Gasteiger partial charge >= 0.3 is 0 Å². The van der Waals surface area contributed by atoms with Crippen LogP contribution in [0.25, 0.3) is 0 Å². The van der Waals surface area contributed by atoms with Crippen molar-refractivity contribution in [2.24, 2.45) is 5.92 Å². The summed E-state index contributed by atoms with van der Waals surface area (Å²) < 4.78 is 0. The molecule has 78 valence electrons. The monoisotopic (exact) mass is 193 g/mol. The normalized spacial score (nSPS) is 10.8. The zero-order valence-electron chi connectivity index (χ0n) is 9.03. The number of nitrogens with zero attached hydrogens (tertiary/aromatic N) is 2. The quantitative estimate of drug-likeness (QED) is 0.751. The van der Waals surface area contributed by atoms with Crippen LogP contribution in [0.3, 0.4) is 0 Å². The Bertz CT molecular complexity index is 232. The van der Waals surface area contributed by atoms with Gasteiger partial charge in [-0.2, -0.15) is 0 Å². The summed E-state index contributed by atoms with van der Waals surface area (Å²) in [7, 11) is 0. The van der Waals surface area contributed by atoms with E-state index in [2.05, 4.69) is 29.1 Å². The van der Waals surface area contributed by atoms with Crippen molar-refractivity contribution in [3.63, 3.8) is 0 Å². The molecule has 0 fully saturated rings. The molecular formula is C11H19N3. The van der Waals surface area contributed by atoms with E-state index in [1.54, 1.807) is 18.6 Å². The molecule has 1 rings (SSSR count). The van der Waals surface area contributed by atoms with Crippen molar-refractivity contribution in [2.75, 3.05) is 6.54 Å². The molecule has 0 aliphatic carbocycles. The third-order valence-electron chi connectivity index (χ3n) is 2.51. The van der Waals surface area contributed by atoms with Gasteiger partial charge in [0.15, 0.2) is 0 Å². The number of hydrogen-bond donors (Lipinski definition) is 1. The lowest BCUT2D eigenvalue weighted by Gasteiger charge is -2.12. The summed E-state index contributed by atoms with van der Waals surface area (Å²) in [6, 6.07) is 0. The predicted octanol–water partition coefficient (Wildman–Crippen LogP) is 2.00. The highest BCUT2D eigenvalue weighted by Crippen LogP contribution is 2.05. The number of rotatable bonds is 6. The summed E-state index contributed by atoms with van der Waals surface area (Å²) >= 11 is 0. The molecule has 1 aromatic heterocycles. The fraction of sp³-hybridized carbons (Fsp3) is 0.636. The van der Waals surface area contributed by atoms with Gasteiger partial charge in [0.25, 0.3) is 0 Å². The Morgan fingerprint density at radius 3 is 2.64 bits per heavy atom. The van der Waals surface area contributed by atoms with Gasteiger partial charge in [0.05, 0.1) is 5.69 Å². The van der Waals surface area contributed by atoms with Crippen molar-refractivity contribution in [3.05, 3.63) is 24.3 Å². The molecule has 1 aromatic rings. The Balaban J connectivity index is 2.21. The van der Waals surface area contributed by atoms with Gasteiger partial charge in [-0.05, 0) is 12.5 Å². The summed E-state index contributed by atoms with van der Waals surface area (Å²) in [5.41, 5.74) is 1.01. The van der Waals surface area contributed by atoms with Gasteiger partial charge in [0, 0.05) is 25.1 Å². The molecular weight excluding hydrogens is 174 g/mol. The fourth-order valence-corrected chi connectivity index (χ4v) is 1.40. The summed E-state index contributed by atoms with van der Waals surface area (Å²) in [4.78, 5) is 8.22. The van der Waals surface area contributed by atoms with E-state index in [9.17, 15) is 0 Å². The first kappa shape index (κ1) is 11.1. The maximum Gasteiger partial charge on any atom is 0.0724 e. The molecule has 3 heteroatoms. The maximum absolute atomic E-state index is 4.20. The highest BCUT2D eigenvalue weighted by molar-refractivity contribution is 4.93. The van der Waals surface area contributed by atoms with Crippen LogP contribution in [-0.2, 0) is 6.54 Å². The fourth-order valence-electron chi connectivity index (χ4n) is 1.40. The lowest BCUT2D eigenvalue weighted by molar-refractivity contribution is 0.448. The first-order valence-electron chi connectivity index (χ1n) is 5.32. The van der Waals surface area contributed by atoms with E-state index in [1.165, 1.54) is 12.8 Å². The molecule has 0 saturated carbocycles. The van der Waals surface area contributed by atoms with Gasteiger partial charge in [-0.15, -0.1) is 0 Å². The van der Waals surface area contributed by atoms with Crippen LogP contribution >= 0.6 is 0 Å². The highest BCUT2D eigenvalue weighted by atomic mass is 14.9. The molecule has 0 saturated heterocycles. The van der Waals surface area contributed by atoms with E-state index in [0.717, 1.165) is 24.7 Å². The molecule has 0 bridgehead atoms. The van der Waals surface area contributed by atoms with Crippen LogP contribution in [0.15, 0.2) is 18.6 Å². The first-order valence-corrected chi connectivity index (χ1v) is 5.32. The Labute approximate surface area is 86.0 Å². The first-order chi connectivity index (χ1) is 6.86. The second-order valence-electron chi connectivity index (χ2n) is 3.51. The minimum Gasteiger partial charge on any atom is -0.311 e. The molecule has 1 N–H and O–H groups in total. The van der Waals surface area contributed by atoms with E-state index in [0.29, 0.717) is 0 Å². The van der Waals surface area contributed by atoms with E-state index in [4.69, 9.17) is 0 Å². The molecule has 0 aliphatic rings. The lowest BCUT2D eigenvalue weighted by atomic mass is 10.0. The van der Waals surface area contributed by atoms with Crippen LogP contribution < -0.4 is 5.32 Å². The van der Waals surface area contributed by atoms with E-state index in [-0.39, 0.29) is 0 Å². The van der Waals surface area contributed by atoms with Gasteiger partial charge < -0.3 is 5.32 Å². The van der Waals surface area contributed by atoms with Gasteiger partial charge in [0.1, 0.15) is 0 Å². The van der Waals surface area contributed by atoms with Crippen molar-refractivity contribution >= 4 is 0 Å². The molecule has 0 aromatic carbocycles. The predicted molar refractivity (Wildman–Crippen MR) is 57.8 cm³/mol. The smallest absolute Gasteiger partial charge is 0.0724 e. The molecule has 3 nitrogen and oxygen atoms in total. The average molecular weight is 193 g/mol. The Morgan fingerprint density at radius 1 is 1.29 bits per heavy atom. The van der Waals surface area contributed by atoms with Crippen molar-refractivity contribution in [1.29, 1.82) is 0 Å². The largest absolute Gasteiger partial charge is 0.311 e. The van der Waals surface area contributed by atoms with E-state index < -0.39 is 0 Å². The summed E-state index contributed by atoms with van der Waals surface area (Å²) in [6.45, 7) is 6.37. The summed E-state index contributed by atoms with van der Waals surface area (Å²) in [6.07, 6.45) is 7.71. The van der Waals surface area contributed by atoms with Crippen LogP contribution in [-0.4, -0.2) is 16.5 Å². The molecule has 0 radical (unpaired) electrons. The van der Waals surface area contributed by atoms with Gasteiger partial charge in [-0.3, -0.25) is 9.97 Å². The van der Waals surface area contributed by atoms with Gasteiger partial charge in [0.2, 0.25) is 0 Å². The van der Waals surface area contributed by atoms with Crippen molar-refractivity contribution < 1.29 is 0 Å². The molecule has 0 spiro atoms. The number of aromatic nitrogens is 2. The number of nitrogens with one attached hydrogen (secondary N) is 1. The van der Waals surface area contributed by atoms with E-state index >= 15 is 0 Å². The topological polar surface area (TPSA) is 37.8 Å². The molecule has 1 heterocycles. The molecule has 0 amide bonds. The van der Waals surface area contributed by atoms with Crippen LogP contribution in [0.1, 0.15) is 32.4 Å². The highest BCUT2D eigenvalue weighted by Gasteiger charge is 2.02.